The molecule has 0 amide bonds. The molecule has 0 aliphatic carbocycles. The summed E-state index contributed by atoms with van der Waals surface area (Å²) >= 11 is 0. The Hall–Kier alpha value is -2.84. The number of piperidine rings is 1. The number of hydrogen-bond acceptors (Lipinski definition) is 4. The second kappa shape index (κ2) is 6.81. The minimum absolute atomic E-state index is 0.0364. The first-order valence-corrected chi connectivity index (χ1v) is 8.01. The van der Waals surface area contributed by atoms with Crippen LogP contribution in [0.3, 0.4) is 0 Å². The van der Waals surface area contributed by atoms with E-state index in [-0.39, 0.29) is 23.5 Å². The number of carbonyl (C=O) groups is 1. The highest BCUT2D eigenvalue weighted by molar-refractivity contribution is 5.72. The Kier molecular flexibility index (Phi) is 4.71. The van der Waals surface area contributed by atoms with Crippen LogP contribution in [0.1, 0.15) is 18.4 Å². The van der Waals surface area contributed by atoms with E-state index in [1.807, 2.05) is 0 Å². The lowest BCUT2D eigenvalue weighted by Crippen LogP contribution is -2.39. The van der Waals surface area contributed by atoms with Crippen molar-refractivity contribution in [3.05, 3.63) is 46.2 Å². The summed E-state index contributed by atoms with van der Waals surface area (Å²) in [5.74, 6) is -1.69. The SMILES string of the molecule is O=C(O)C1CCCN(c2ccc(-c3ccc(=O)[nH]n3)cc2C(F)(F)F)C1. The van der Waals surface area contributed by atoms with Crippen LogP contribution in [0.5, 0.6) is 0 Å². The van der Waals surface area contributed by atoms with Crippen LogP contribution in [-0.4, -0.2) is 34.4 Å². The number of aliphatic carboxylic acids is 1. The van der Waals surface area contributed by atoms with Crippen LogP contribution in [-0.2, 0) is 11.0 Å². The van der Waals surface area contributed by atoms with Crippen molar-refractivity contribution < 1.29 is 23.1 Å². The molecule has 1 fully saturated rings. The fraction of sp³-hybridized carbons (Fsp3) is 0.353. The molecule has 138 valence electrons. The van der Waals surface area contributed by atoms with E-state index >= 15 is 0 Å². The molecule has 1 atom stereocenters. The first kappa shape index (κ1) is 18.0. The second-order valence-electron chi connectivity index (χ2n) is 6.16. The number of halogens is 3. The van der Waals surface area contributed by atoms with Gasteiger partial charge in [-0.1, -0.05) is 6.07 Å². The summed E-state index contributed by atoms with van der Waals surface area (Å²) in [6.07, 6.45) is -3.65. The van der Waals surface area contributed by atoms with Crippen LogP contribution < -0.4 is 10.5 Å². The third-order valence-electron chi connectivity index (χ3n) is 4.39. The Balaban J connectivity index is 2.01. The van der Waals surface area contributed by atoms with E-state index in [2.05, 4.69) is 10.2 Å². The van der Waals surface area contributed by atoms with Crippen molar-refractivity contribution in [2.45, 2.75) is 19.0 Å². The molecule has 6 nitrogen and oxygen atoms in total. The molecule has 1 aliphatic rings. The van der Waals surface area contributed by atoms with E-state index in [1.165, 1.54) is 29.2 Å². The lowest BCUT2D eigenvalue weighted by Gasteiger charge is -2.34. The zero-order chi connectivity index (χ0) is 18.9. The van der Waals surface area contributed by atoms with Crippen LogP contribution >= 0.6 is 0 Å². The maximum atomic E-state index is 13.6. The summed E-state index contributed by atoms with van der Waals surface area (Å²) in [6, 6.07) is 6.31. The van der Waals surface area contributed by atoms with Crippen molar-refractivity contribution in [1.82, 2.24) is 10.2 Å². The number of rotatable bonds is 3. The van der Waals surface area contributed by atoms with Gasteiger partial charge in [0.25, 0.3) is 5.56 Å². The zero-order valence-electron chi connectivity index (χ0n) is 13.6. The molecule has 1 aromatic carbocycles. The normalized spacial score (nSPS) is 18.0. The largest absolute Gasteiger partial charge is 0.481 e. The number of aromatic amines is 1. The minimum atomic E-state index is -4.61. The first-order valence-electron chi connectivity index (χ1n) is 8.01. The van der Waals surface area contributed by atoms with Gasteiger partial charge in [-0.15, -0.1) is 0 Å². The number of benzene rings is 1. The van der Waals surface area contributed by atoms with Gasteiger partial charge in [-0.2, -0.15) is 18.3 Å². The van der Waals surface area contributed by atoms with Crippen LogP contribution in [0.4, 0.5) is 18.9 Å². The molecule has 2 heterocycles. The van der Waals surface area contributed by atoms with Crippen molar-refractivity contribution in [3.63, 3.8) is 0 Å². The van der Waals surface area contributed by atoms with E-state index in [1.54, 1.807) is 0 Å². The predicted octanol–water partition coefficient (Wildman–Crippen LogP) is 2.76. The van der Waals surface area contributed by atoms with Crippen LogP contribution in [0, 0.1) is 5.92 Å². The lowest BCUT2D eigenvalue weighted by atomic mass is 9.96. The first-order chi connectivity index (χ1) is 12.3. The molecule has 0 saturated carbocycles. The summed E-state index contributed by atoms with van der Waals surface area (Å²) in [5.41, 5.74) is -0.923. The van der Waals surface area contributed by atoms with Crippen LogP contribution in [0.25, 0.3) is 11.3 Å². The number of aromatic nitrogens is 2. The van der Waals surface area contributed by atoms with E-state index < -0.39 is 29.2 Å². The molecule has 26 heavy (non-hydrogen) atoms. The molecule has 9 heteroatoms. The molecule has 0 bridgehead atoms. The molecule has 1 unspecified atom stereocenters. The summed E-state index contributed by atoms with van der Waals surface area (Å²) in [7, 11) is 0. The monoisotopic (exact) mass is 367 g/mol. The molecule has 0 spiro atoms. The van der Waals surface area contributed by atoms with Crippen LogP contribution in [0.15, 0.2) is 35.1 Å². The highest BCUT2D eigenvalue weighted by Gasteiger charge is 2.37. The standard InChI is InChI=1S/C17H16F3N3O3/c18-17(19,20)12-8-10(13-4-6-15(24)22-21-13)3-5-14(12)23-7-1-2-11(9-23)16(25)26/h3-6,8,11H,1-2,7,9H2,(H,22,24)(H,25,26). The van der Waals surface area contributed by atoms with Gasteiger partial charge in [-0.25, -0.2) is 5.10 Å². The zero-order valence-corrected chi connectivity index (χ0v) is 13.6. The Bertz CT molecular complexity index is 859. The number of carboxylic acid groups (broad SMARTS) is 1. The molecular weight excluding hydrogens is 351 g/mol. The van der Waals surface area contributed by atoms with Crippen LogP contribution in [0.2, 0.25) is 0 Å². The molecular formula is C17H16F3N3O3. The van der Waals surface area contributed by atoms with Gasteiger partial charge in [-0.05, 0) is 31.0 Å². The fourth-order valence-corrected chi connectivity index (χ4v) is 3.10. The van der Waals surface area contributed by atoms with Gasteiger partial charge in [0.15, 0.2) is 0 Å². The summed E-state index contributed by atoms with van der Waals surface area (Å²) in [4.78, 5) is 23.7. The molecule has 1 aliphatic heterocycles. The summed E-state index contributed by atoms with van der Waals surface area (Å²) in [5, 5.41) is 15.1. The van der Waals surface area contributed by atoms with Gasteiger partial charge in [0.05, 0.1) is 17.2 Å². The predicted molar refractivity (Wildman–Crippen MR) is 87.9 cm³/mol. The molecule has 0 radical (unpaired) electrons. The number of alkyl halides is 3. The quantitative estimate of drug-likeness (QED) is 0.871. The number of nitrogens with one attached hydrogen (secondary N) is 1. The number of nitrogens with zero attached hydrogens (tertiary/aromatic N) is 2. The Morgan fingerprint density at radius 3 is 2.65 bits per heavy atom. The molecule has 1 aromatic heterocycles. The average molecular weight is 367 g/mol. The fourth-order valence-electron chi connectivity index (χ4n) is 3.10. The van der Waals surface area contributed by atoms with Crippen molar-refractivity contribution in [3.8, 4) is 11.3 Å². The Labute approximate surface area is 146 Å². The van der Waals surface area contributed by atoms with Crippen molar-refractivity contribution in [2.75, 3.05) is 18.0 Å². The van der Waals surface area contributed by atoms with E-state index in [4.69, 9.17) is 5.11 Å². The second-order valence-corrected chi connectivity index (χ2v) is 6.16. The number of anilines is 1. The lowest BCUT2D eigenvalue weighted by molar-refractivity contribution is -0.141. The Morgan fingerprint density at radius 2 is 2.04 bits per heavy atom. The molecule has 1 saturated heterocycles. The third kappa shape index (κ3) is 3.71. The van der Waals surface area contributed by atoms with Crippen molar-refractivity contribution >= 4 is 11.7 Å². The van der Waals surface area contributed by atoms with Crippen molar-refractivity contribution in [1.29, 1.82) is 0 Å². The third-order valence-corrected chi connectivity index (χ3v) is 4.39. The maximum Gasteiger partial charge on any atom is 0.418 e. The van der Waals surface area contributed by atoms with Gasteiger partial charge in [0.1, 0.15) is 0 Å². The van der Waals surface area contributed by atoms with E-state index in [0.29, 0.717) is 19.4 Å². The smallest absolute Gasteiger partial charge is 0.418 e. The Morgan fingerprint density at radius 1 is 1.27 bits per heavy atom. The maximum absolute atomic E-state index is 13.6. The summed E-state index contributed by atoms with van der Waals surface area (Å²) < 4.78 is 40.8. The highest BCUT2D eigenvalue weighted by atomic mass is 19.4. The van der Waals surface area contributed by atoms with Gasteiger partial charge < -0.3 is 10.0 Å². The topological polar surface area (TPSA) is 86.3 Å². The number of hydrogen-bond donors (Lipinski definition) is 2. The van der Waals surface area contributed by atoms with E-state index in [9.17, 15) is 22.8 Å². The van der Waals surface area contributed by atoms with Gasteiger partial charge in [0.2, 0.25) is 0 Å². The van der Waals surface area contributed by atoms with Gasteiger partial charge >= 0.3 is 12.1 Å². The summed E-state index contributed by atoms with van der Waals surface area (Å²) in [6.45, 7) is 0.401. The molecule has 2 N–H and O–H groups in total. The highest BCUT2D eigenvalue weighted by Crippen LogP contribution is 2.40. The number of H-pyrrole nitrogens is 1. The molecule has 2 aromatic rings. The van der Waals surface area contributed by atoms with Gasteiger partial charge in [0, 0.05) is 30.4 Å². The van der Waals surface area contributed by atoms with E-state index in [0.717, 1.165) is 6.07 Å². The van der Waals surface area contributed by atoms with Crippen molar-refractivity contribution in [2.24, 2.45) is 5.92 Å². The molecule has 3 rings (SSSR count). The minimum Gasteiger partial charge on any atom is -0.481 e. The number of carboxylic acids is 1. The average Bonchev–Trinajstić information content (AvgIpc) is 2.61. The van der Waals surface area contributed by atoms with Gasteiger partial charge in [-0.3, -0.25) is 9.59 Å².